The molecule has 24 heavy (non-hydrogen) atoms. The van der Waals surface area contributed by atoms with Gasteiger partial charge in [0.1, 0.15) is 0 Å². The zero-order valence-electron chi connectivity index (χ0n) is 14.2. The van der Waals surface area contributed by atoms with Crippen molar-refractivity contribution in [3.05, 3.63) is 0 Å². The third-order valence-corrected chi connectivity index (χ3v) is 6.59. The maximum absolute atomic E-state index is 12.9. The van der Waals surface area contributed by atoms with E-state index in [0.29, 0.717) is 24.8 Å². The lowest BCUT2D eigenvalue weighted by molar-refractivity contribution is -0.185. The number of hydrogen-bond acceptors (Lipinski definition) is 2. The molecule has 3 rings (SSSR count). The Kier molecular flexibility index (Phi) is 5.42. The fourth-order valence-corrected chi connectivity index (χ4v) is 5.17. The topological polar surface area (TPSA) is 55.1 Å². The molecule has 6 heteroatoms. The Balaban J connectivity index is 1.47. The number of alkyl halides is 3. The number of amides is 1. The van der Waals surface area contributed by atoms with Crippen LogP contribution in [0.3, 0.4) is 0 Å². The summed E-state index contributed by atoms with van der Waals surface area (Å²) in [7, 11) is 0. The van der Waals surface area contributed by atoms with Crippen molar-refractivity contribution in [3.63, 3.8) is 0 Å². The Morgan fingerprint density at radius 2 is 1.62 bits per heavy atom. The van der Waals surface area contributed by atoms with Gasteiger partial charge in [0.25, 0.3) is 0 Å². The lowest BCUT2D eigenvalue weighted by Gasteiger charge is -2.43. The summed E-state index contributed by atoms with van der Waals surface area (Å²) in [5, 5.41) is 2.95. The fourth-order valence-electron chi connectivity index (χ4n) is 5.17. The summed E-state index contributed by atoms with van der Waals surface area (Å²) >= 11 is 0. The van der Waals surface area contributed by atoms with Crippen molar-refractivity contribution >= 4 is 5.91 Å². The fraction of sp³-hybridized carbons (Fsp3) is 0.944. The summed E-state index contributed by atoms with van der Waals surface area (Å²) in [5.41, 5.74) is 6.26. The molecule has 0 aromatic rings. The van der Waals surface area contributed by atoms with Gasteiger partial charge >= 0.3 is 6.18 Å². The Morgan fingerprint density at radius 3 is 2.25 bits per heavy atom. The molecule has 138 valence electrons. The van der Waals surface area contributed by atoms with Crippen LogP contribution in [0.4, 0.5) is 13.2 Å². The smallest absolute Gasteiger partial charge is 0.356 e. The molecule has 3 nitrogen and oxygen atoms in total. The van der Waals surface area contributed by atoms with Gasteiger partial charge in [-0.15, -0.1) is 0 Å². The number of fused-ring (bicyclic) bond motifs is 2. The van der Waals surface area contributed by atoms with Crippen molar-refractivity contribution in [3.8, 4) is 0 Å². The molecule has 3 N–H and O–H groups in total. The molecule has 0 radical (unpaired) electrons. The van der Waals surface area contributed by atoms with Gasteiger partial charge in [-0.1, -0.05) is 12.8 Å². The first-order valence-electron chi connectivity index (χ1n) is 9.44. The molecular weight excluding hydrogens is 317 g/mol. The van der Waals surface area contributed by atoms with Crippen LogP contribution in [0.5, 0.6) is 0 Å². The summed E-state index contributed by atoms with van der Waals surface area (Å²) in [6.45, 7) is 0.392. The van der Waals surface area contributed by atoms with Crippen LogP contribution in [-0.2, 0) is 4.79 Å². The van der Waals surface area contributed by atoms with E-state index in [1.165, 1.54) is 6.42 Å². The summed E-state index contributed by atoms with van der Waals surface area (Å²) in [4.78, 5) is 12.5. The van der Waals surface area contributed by atoms with E-state index in [-0.39, 0.29) is 36.6 Å². The first-order valence-corrected chi connectivity index (χ1v) is 9.44. The Labute approximate surface area is 141 Å². The zero-order valence-corrected chi connectivity index (χ0v) is 14.2. The van der Waals surface area contributed by atoms with E-state index in [1.807, 2.05) is 0 Å². The molecule has 0 aliphatic heterocycles. The van der Waals surface area contributed by atoms with Crippen LogP contribution in [0, 0.1) is 29.6 Å². The van der Waals surface area contributed by atoms with E-state index in [4.69, 9.17) is 5.73 Å². The van der Waals surface area contributed by atoms with Crippen LogP contribution in [-0.4, -0.2) is 24.7 Å². The summed E-state index contributed by atoms with van der Waals surface area (Å²) in [6.07, 6.45) is 2.80. The molecule has 0 heterocycles. The largest absolute Gasteiger partial charge is 0.391 e. The highest BCUT2D eigenvalue weighted by atomic mass is 19.4. The van der Waals surface area contributed by atoms with Crippen LogP contribution in [0.1, 0.15) is 57.8 Å². The van der Waals surface area contributed by atoms with Crippen molar-refractivity contribution in [2.24, 2.45) is 35.3 Å². The lowest BCUT2D eigenvalue weighted by Crippen LogP contribution is -2.49. The summed E-state index contributed by atoms with van der Waals surface area (Å²) in [5.74, 6) is -0.315. The zero-order chi connectivity index (χ0) is 17.3. The normalized spacial score (nSPS) is 40.2. The first kappa shape index (κ1) is 18.0. The highest BCUT2D eigenvalue weighted by Gasteiger charge is 2.43. The SMILES string of the molecule is NC1C2CCCC1CC(C(=O)NCC1CCCC(C(F)(F)F)C1)C2. The number of hydrogen-bond donors (Lipinski definition) is 2. The van der Waals surface area contributed by atoms with Crippen molar-refractivity contribution in [2.75, 3.05) is 6.54 Å². The van der Waals surface area contributed by atoms with Gasteiger partial charge in [-0.2, -0.15) is 13.2 Å². The first-order chi connectivity index (χ1) is 11.3. The van der Waals surface area contributed by atoms with Gasteiger partial charge in [0, 0.05) is 18.5 Å². The van der Waals surface area contributed by atoms with E-state index in [9.17, 15) is 18.0 Å². The number of nitrogens with one attached hydrogen (secondary N) is 1. The van der Waals surface area contributed by atoms with E-state index in [1.54, 1.807) is 0 Å². The van der Waals surface area contributed by atoms with E-state index in [0.717, 1.165) is 32.1 Å². The minimum Gasteiger partial charge on any atom is -0.356 e. The van der Waals surface area contributed by atoms with E-state index in [2.05, 4.69) is 5.32 Å². The number of nitrogens with two attached hydrogens (primary N) is 1. The second-order valence-corrected chi connectivity index (χ2v) is 8.21. The van der Waals surface area contributed by atoms with Crippen molar-refractivity contribution in [1.29, 1.82) is 0 Å². The van der Waals surface area contributed by atoms with Crippen LogP contribution in [0.15, 0.2) is 0 Å². The van der Waals surface area contributed by atoms with Crippen molar-refractivity contribution < 1.29 is 18.0 Å². The molecule has 4 atom stereocenters. The molecule has 0 aromatic heterocycles. The molecular formula is C18H29F3N2O. The highest BCUT2D eigenvalue weighted by Crippen LogP contribution is 2.42. The van der Waals surface area contributed by atoms with Crippen LogP contribution in [0.2, 0.25) is 0 Å². The molecule has 3 saturated carbocycles. The molecule has 3 aliphatic rings. The molecule has 0 spiro atoms. The number of halogens is 3. The van der Waals surface area contributed by atoms with Crippen molar-refractivity contribution in [2.45, 2.75) is 70.0 Å². The molecule has 4 unspecified atom stereocenters. The molecule has 1 amide bonds. The molecule has 0 aromatic carbocycles. The van der Waals surface area contributed by atoms with Gasteiger partial charge < -0.3 is 11.1 Å². The second-order valence-electron chi connectivity index (χ2n) is 8.21. The van der Waals surface area contributed by atoms with Gasteiger partial charge in [-0.25, -0.2) is 0 Å². The predicted octanol–water partition coefficient (Wildman–Crippen LogP) is 3.62. The number of carbonyl (C=O) groups is 1. The second kappa shape index (κ2) is 7.22. The minimum atomic E-state index is -4.10. The van der Waals surface area contributed by atoms with Crippen LogP contribution < -0.4 is 11.1 Å². The Bertz CT molecular complexity index is 440. The van der Waals surface area contributed by atoms with E-state index >= 15 is 0 Å². The third-order valence-electron chi connectivity index (χ3n) is 6.59. The summed E-state index contributed by atoms with van der Waals surface area (Å²) in [6, 6.07) is 0.230. The molecule has 3 fully saturated rings. The number of carbonyl (C=O) groups excluding carboxylic acids is 1. The maximum atomic E-state index is 12.9. The lowest BCUT2D eigenvalue weighted by atomic mass is 9.65. The minimum absolute atomic E-state index is 0.00195. The average molecular weight is 346 g/mol. The van der Waals surface area contributed by atoms with Gasteiger partial charge in [0.15, 0.2) is 0 Å². The molecule has 3 aliphatic carbocycles. The maximum Gasteiger partial charge on any atom is 0.391 e. The molecule has 0 saturated heterocycles. The average Bonchev–Trinajstić information content (AvgIpc) is 2.52. The predicted molar refractivity (Wildman–Crippen MR) is 86.0 cm³/mol. The third kappa shape index (κ3) is 4.06. The van der Waals surface area contributed by atoms with Crippen molar-refractivity contribution in [1.82, 2.24) is 5.32 Å². The monoisotopic (exact) mass is 346 g/mol. The summed E-state index contributed by atoms with van der Waals surface area (Å²) < 4.78 is 38.6. The number of rotatable bonds is 3. The molecule has 2 bridgehead atoms. The Hall–Kier alpha value is -0.780. The van der Waals surface area contributed by atoms with Crippen LogP contribution >= 0.6 is 0 Å². The van der Waals surface area contributed by atoms with Gasteiger partial charge in [0.05, 0.1) is 5.92 Å². The quantitative estimate of drug-likeness (QED) is 0.820. The standard InChI is InChI=1S/C18H29F3N2O/c19-18(20,21)15-6-1-3-11(7-15)10-23-17(24)14-8-12-4-2-5-13(9-14)16(12)22/h11-16H,1-10,22H2,(H,23,24). The van der Waals surface area contributed by atoms with E-state index < -0.39 is 12.1 Å². The van der Waals surface area contributed by atoms with Gasteiger partial charge in [-0.3, -0.25) is 4.79 Å². The highest BCUT2D eigenvalue weighted by molar-refractivity contribution is 5.78. The van der Waals surface area contributed by atoms with Gasteiger partial charge in [0.2, 0.25) is 5.91 Å². The van der Waals surface area contributed by atoms with Gasteiger partial charge in [-0.05, 0) is 62.7 Å². The van der Waals surface area contributed by atoms with Crippen LogP contribution in [0.25, 0.3) is 0 Å². The Morgan fingerprint density at radius 1 is 1.00 bits per heavy atom.